The van der Waals surface area contributed by atoms with Gasteiger partial charge in [-0.1, -0.05) is 67.6 Å². The summed E-state index contributed by atoms with van der Waals surface area (Å²) in [7, 11) is 0. The van der Waals surface area contributed by atoms with Crippen molar-refractivity contribution in [3.63, 3.8) is 0 Å². The summed E-state index contributed by atoms with van der Waals surface area (Å²) < 4.78 is 49.9. The quantitative estimate of drug-likeness (QED) is 0.348. The van der Waals surface area contributed by atoms with Crippen LogP contribution >= 0.6 is 0 Å². The van der Waals surface area contributed by atoms with Gasteiger partial charge in [0.05, 0.1) is 32.0 Å². The highest BCUT2D eigenvalue weighted by molar-refractivity contribution is 5.69. The Bertz CT molecular complexity index is 1100. The van der Waals surface area contributed by atoms with Crippen LogP contribution in [-0.2, 0) is 51.1 Å². The summed E-state index contributed by atoms with van der Waals surface area (Å²) in [5.74, 6) is -0.955. The lowest BCUT2D eigenvalue weighted by Gasteiger charge is -2.45. The molecule has 0 aliphatic carbocycles. The number of hydrogen-bond donors (Lipinski definition) is 1. The van der Waals surface area contributed by atoms with Gasteiger partial charge in [0.1, 0.15) is 18.3 Å². The summed E-state index contributed by atoms with van der Waals surface area (Å²) in [4.78, 5) is 0. The van der Waals surface area contributed by atoms with Crippen LogP contribution in [0.4, 0.5) is 0 Å². The number of hydrogen-bond acceptors (Lipinski definition) is 9. The Hall–Kier alpha value is -2.37. The molecule has 2 aromatic rings. The van der Waals surface area contributed by atoms with Gasteiger partial charge in [-0.25, -0.2) is 0 Å². The standard InChI is InChI=1S/C31H41NO8/c1-19-25(34-17-23-14-10-7-11-15-23)24(33-16-22-12-8-6-9-13-22)18-35-29(19)38-26-20(2)36-30(37-21(3)32)28-27(26)39-31(4,5)40-28/h6-15,19-20,24-30,32H,16-18H2,1-5H3/t19?,20?,24-,25?,26+,27?,28?,29+,30+/m1/s1. The molecule has 3 saturated heterocycles. The zero-order valence-electron chi connectivity index (χ0n) is 23.9. The van der Waals surface area contributed by atoms with Gasteiger partial charge in [0.2, 0.25) is 6.29 Å². The Balaban J connectivity index is 1.30. The van der Waals surface area contributed by atoms with E-state index in [1.165, 1.54) is 0 Å². The smallest absolute Gasteiger partial charge is 0.230 e. The molecule has 0 saturated carbocycles. The first-order valence-electron chi connectivity index (χ1n) is 14.0. The van der Waals surface area contributed by atoms with Gasteiger partial charge < -0.3 is 37.9 Å². The third-order valence-corrected chi connectivity index (χ3v) is 7.48. The van der Waals surface area contributed by atoms with Crippen molar-refractivity contribution in [1.82, 2.24) is 0 Å². The van der Waals surface area contributed by atoms with Crippen molar-refractivity contribution in [2.45, 2.75) is 103 Å². The lowest BCUT2D eigenvalue weighted by Crippen LogP contribution is -2.60. The molecule has 9 atom stereocenters. The normalized spacial score (nSPS) is 35.2. The van der Waals surface area contributed by atoms with E-state index in [9.17, 15) is 0 Å². The Kier molecular flexibility index (Phi) is 9.21. The lowest BCUT2D eigenvalue weighted by molar-refractivity contribution is -0.320. The summed E-state index contributed by atoms with van der Waals surface area (Å²) in [5.41, 5.74) is 2.18. The van der Waals surface area contributed by atoms with Gasteiger partial charge >= 0.3 is 0 Å². The molecule has 40 heavy (non-hydrogen) atoms. The summed E-state index contributed by atoms with van der Waals surface area (Å²) in [6, 6.07) is 20.2. The van der Waals surface area contributed by atoms with E-state index in [0.29, 0.717) is 19.8 Å². The maximum Gasteiger partial charge on any atom is 0.230 e. The fraction of sp³-hybridized carbons (Fsp3) is 0.581. The molecule has 1 N–H and O–H groups in total. The molecule has 218 valence electrons. The molecule has 0 aromatic heterocycles. The van der Waals surface area contributed by atoms with Gasteiger partial charge in [-0.2, -0.15) is 0 Å². The fourth-order valence-corrected chi connectivity index (χ4v) is 5.57. The van der Waals surface area contributed by atoms with Crippen molar-refractivity contribution in [2.24, 2.45) is 5.92 Å². The maximum absolute atomic E-state index is 7.78. The summed E-state index contributed by atoms with van der Waals surface area (Å²) in [6.07, 6.45) is -3.78. The predicted octanol–water partition coefficient (Wildman–Crippen LogP) is 4.81. The molecule has 0 bridgehead atoms. The number of fused-ring (bicyclic) bond motifs is 1. The van der Waals surface area contributed by atoms with Crippen LogP contribution in [-0.4, -0.2) is 67.5 Å². The second kappa shape index (κ2) is 12.7. The second-order valence-electron chi connectivity index (χ2n) is 11.2. The lowest BCUT2D eigenvalue weighted by atomic mass is 9.95. The molecule has 3 aliphatic heterocycles. The highest BCUT2D eigenvalue weighted by Crippen LogP contribution is 2.40. The largest absolute Gasteiger partial charge is 0.450 e. The molecule has 5 rings (SSSR count). The van der Waals surface area contributed by atoms with Crippen LogP contribution in [0.2, 0.25) is 0 Å². The number of ether oxygens (including phenoxy) is 8. The molecule has 0 amide bonds. The Labute approximate surface area is 236 Å². The second-order valence-corrected chi connectivity index (χ2v) is 11.2. The summed E-state index contributed by atoms with van der Waals surface area (Å²) in [5, 5.41) is 7.78. The molecule has 0 spiro atoms. The third kappa shape index (κ3) is 6.91. The molecule has 5 unspecified atom stereocenters. The van der Waals surface area contributed by atoms with E-state index >= 15 is 0 Å². The highest BCUT2D eigenvalue weighted by Gasteiger charge is 2.57. The Morgan fingerprint density at radius 1 is 0.850 bits per heavy atom. The van der Waals surface area contributed by atoms with Crippen LogP contribution in [0.5, 0.6) is 0 Å². The molecular formula is C31H41NO8. The van der Waals surface area contributed by atoms with E-state index in [-0.39, 0.29) is 24.0 Å². The zero-order valence-corrected chi connectivity index (χ0v) is 23.9. The number of nitrogens with one attached hydrogen (secondary N) is 1. The van der Waals surface area contributed by atoms with Crippen molar-refractivity contribution >= 4 is 5.90 Å². The monoisotopic (exact) mass is 555 g/mol. The minimum Gasteiger partial charge on any atom is -0.450 e. The molecule has 0 radical (unpaired) electrons. The average Bonchev–Trinajstić information content (AvgIpc) is 3.26. The summed E-state index contributed by atoms with van der Waals surface area (Å²) >= 11 is 0. The van der Waals surface area contributed by atoms with Gasteiger partial charge in [0, 0.05) is 12.8 Å². The van der Waals surface area contributed by atoms with Crippen LogP contribution in [0.25, 0.3) is 0 Å². The van der Waals surface area contributed by atoms with Crippen molar-refractivity contribution in [2.75, 3.05) is 6.61 Å². The van der Waals surface area contributed by atoms with E-state index in [4.69, 9.17) is 43.3 Å². The predicted molar refractivity (Wildman–Crippen MR) is 146 cm³/mol. The third-order valence-electron chi connectivity index (χ3n) is 7.48. The number of rotatable bonds is 9. The average molecular weight is 556 g/mol. The molecule has 3 heterocycles. The Morgan fingerprint density at radius 3 is 2.08 bits per heavy atom. The van der Waals surface area contributed by atoms with Crippen LogP contribution in [0.3, 0.4) is 0 Å². The highest BCUT2D eigenvalue weighted by atomic mass is 16.8. The van der Waals surface area contributed by atoms with E-state index in [1.807, 2.05) is 81.4 Å². The minimum atomic E-state index is -0.849. The van der Waals surface area contributed by atoms with E-state index in [2.05, 4.69) is 6.92 Å². The van der Waals surface area contributed by atoms with Crippen LogP contribution in [0, 0.1) is 11.3 Å². The van der Waals surface area contributed by atoms with Crippen LogP contribution in [0.1, 0.15) is 45.7 Å². The zero-order chi connectivity index (χ0) is 28.3. The fourth-order valence-electron chi connectivity index (χ4n) is 5.57. The summed E-state index contributed by atoms with van der Waals surface area (Å²) in [6.45, 7) is 10.5. The Morgan fingerprint density at radius 2 is 1.45 bits per heavy atom. The molecule has 3 aliphatic rings. The molecule has 2 aromatic carbocycles. The van der Waals surface area contributed by atoms with Crippen molar-refractivity contribution < 1.29 is 37.9 Å². The topological polar surface area (TPSA) is 97.7 Å². The SMILES string of the molecule is CC(=N)O[C@@H]1OC(C)[C@H](O[C@@H]2OC[C@@H](OCc3ccccc3)C(OCc3ccccc3)C2C)C2OC(C)(C)OC21. The van der Waals surface area contributed by atoms with Gasteiger partial charge in [-0.15, -0.1) is 0 Å². The van der Waals surface area contributed by atoms with E-state index < -0.39 is 42.8 Å². The van der Waals surface area contributed by atoms with E-state index in [0.717, 1.165) is 11.1 Å². The van der Waals surface area contributed by atoms with Gasteiger partial charge in [0.25, 0.3) is 0 Å². The van der Waals surface area contributed by atoms with Crippen LogP contribution < -0.4 is 0 Å². The van der Waals surface area contributed by atoms with Crippen molar-refractivity contribution in [3.05, 3.63) is 71.8 Å². The van der Waals surface area contributed by atoms with Crippen LogP contribution in [0.15, 0.2) is 60.7 Å². The molecule has 9 heteroatoms. The van der Waals surface area contributed by atoms with E-state index in [1.54, 1.807) is 6.92 Å². The van der Waals surface area contributed by atoms with Crippen molar-refractivity contribution in [3.8, 4) is 0 Å². The molecule has 3 fully saturated rings. The molecular weight excluding hydrogens is 514 g/mol. The molecule has 9 nitrogen and oxygen atoms in total. The first-order chi connectivity index (χ1) is 19.2. The van der Waals surface area contributed by atoms with Gasteiger partial charge in [-0.3, -0.25) is 5.41 Å². The first kappa shape index (κ1) is 29.1. The minimum absolute atomic E-state index is 0.0489. The van der Waals surface area contributed by atoms with Gasteiger partial charge in [0.15, 0.2) is 24.1 Å². The van der Waals surface area contributed by atoms with Crippen molar-refractivity contribution in [1.29, 1.82) is 5.41 Å². The number of benzene rings is 2. The van der Waals surface area contributed by atoms with Gasteiger partial charge in [-0.05, 0) is 31.9 Å². The first-order valence-corrected chi connectivity index (χ1v) is 14.0. The maximum atomic E-state index is 7.78.